The van der Waals surface area contributed by atoms with Gasteiger partial charge in [-0.25, -0.2) is 0 Å². The summed E-state index contributed by atoms with van der Waals surface area (Å²) >= 11 is 12.4. The van der Waals surface area contributed by atoms with Gasteiger partial charge in [-0.2, -0.15) is 0 Å². The molecule has 1 aromatic rings. The van der Waals surface area contributed by atoms with Crippen molar-refractivity contribution in [2.24, 2.45) is 0 Å². The fourth-order valence-corrected chi connectivity index (χ4v) is 2.11. The number of carbonyl (C=O) groups excluding carboxylic acids is 1. The number of halogens is 2. The first-order valence-corrected chi connectivity index (χ1v) is 5.75. The van der Waals surface area contributed by atoms with E-state index in [9.17, 15) is 4.79 Å². The summed E-state index contributed by atoms with van der Waals surface area (Å²) in [4.78, 5) is 11.1. The molecule has 2 unspecified atom stereocenters. The van der Waals surface area contributed by atoms with Crippen LogP contribution in [0.5, 0.6) is 0 Å². The number of rotatable bonds is 2. The number of alkyl halides is 2. The maximum atomic E-state index is 12.2. The molecular formula is C13H10Cl2O. The number of hydrogen-bond acceptors (Lipinski definition) is 1. The summed E-state index contributed by atoms with van der Waals surface area (Å²) in [5.74, 6) is -0.171. The van der Waals surface area contributed by atoms with Crippen LogP contribution in [0.3, 0.4) is 0 Å². The molecule has 0 bridgehead atoms. The molecule has 0 aliphatic heterocycles. The van der Waals surface area contributed by atoms with Crippen molar-refractivity contribution in [3.05, 3.63) is 60.2 Å². The Hall–Kier alpha value is -1.05. The molecule has 1 aromatic carbocycles. The molecule has 2 rings (SSSR count). The van der Waals surface area contributed by atoms with Gasteiger partial charge in [0.15, 0.2) is 5.78 Å². The summed E-state index contributed by atoms with van der Waals surface area (Å²) in [5.41, 5.74) is 0.572. The minimum atomic E-state index is -1.17. The highest BCUT2D eigenvalue weighted by molar-refractivity contribution is 6.45. The number of ketones is 1. The van der Waals surface area contributed by atoms with Crippen molar-refractivity contribution < 1.29 is 4.79 Å². The first-order valence-electron chi connectivity index (χ1n) is 4.93. The van der Waals surface area contributed by atoms with E-state index in [1.165, 1.54) is 0 Å². The number of carbonyl (C=O) groups is 1. The predicted molar refractivity (Wildman–Crippen MR) is 67.3 cm³/mol. The maximum Gasteiger partial charge on any atom is 0.189 e. The molecule has 1 aliphatic rings. The smallest absolute Gasteiger partial charge is 0.189 e. The lowest BCUT2D eigenvalue weighted by atomic mass is 9.90. The Balaban J connectivity index is 2.35. The van der Waals surface area contributed by atoms with Crippen LogP contribution < -0.4 is 0 Å². The zero-order chi connectivity index (χ0) is 11.6. The Morgan fingerprint density at radius 2 is 1.88 bits per heavy atom. The molecule has 0 amide bonds. The Morgan fingerprint density at radius 3 is 2.50 bits per heavy atom. The summed E-state index contributed by atoms with van der Waals surface area (Å²) in [6, 6.07) is 8.94. The Bertz CT molecular complexity index is 450. The molecule has 0 N–H and O–H groups in total. The molecular weight excluding hydrogens is 243 g/mol. The Morgan fingerprint density at radius 1 is 1.19 bits per heavy atom. The second-order valence-electron chi connectivity index (χ2n) is 3.61. The molecule has 1 nitrogen and oxygen atoms in total. The number of hydrogen-bond donors (Lipinski definition) is 0. The second kappa shape index (κ2) is 4.44. The molecule has 1 aliphatic carbocycles. The average molecular weight is 253 g/mol. The molecule has 3 heteroatoms. The molecule has 16 heavy (non-hydrogen) atoms. The van der Waals surface area contributed by atoms with E-state index in [0.717, 1.165) is 0 Å². The van der Waals surface area contributed by atoms with Gasteiger partial charge in [-0.3, -0.25) is 4.79 Å². The van der Waals surface area contributed by atoms with Crippen molar-refractivity contribution in [3.63, 3.8) is 0 Å². The Kier molecular flexibility index (Phi) is 3.17. The lowest BCUT2D eigenvalue weighted by molar-refractivity contribution is 0.0961. The lowest BCUT2D eigenvalue weighted by Gasteiger charge is -2.27. The number of benzene rings is 1. The molecule has 0 saturated heterocycles. The molecule has 82 valence electrons. The van der Waals surface area contributed by atoms with Crippen LogP contribution in [0.2, 0.25) is 0 Å². The molecule has 0 aromatic heterocycles. The van der Waals surface area contributed by atoms with Crippen LogP contribution >= 0.6 is 23.2 Å². The second-order valence-corrected chi connectivity index (χ2v) is 4.70. The van der Waals surface area contributed by atoms with Crippen LogP contribution in [0, 0.1) is 0 Å². The van der Waals surface area contributed by atoms with Crippen molar-refractivity contribution in [3.8, 4) is 0 Å². The van der Waals surface area contributed by atoms with Gasteiger partial charge in [-0.1, -0.05) is 54.6 Å². The highest BCUT2D eigenvalue weighted by atomic mass is 35.5. The lowest BCUT2D eigenvalue weighted by Crippen LogP contribution is -2.39. The van der Waals surface area contributed by atoms with Crippen LogP contribution in [0.25, 0.3) is 0 Å². The van der Waals surface area contributed by atoms with Gasteiger partial charge in [0.05, 0.1) is 5.38 Å². The van der Waals surface area contributed by atoms with Crippen LogP contribution in [-0.2, 0) is 0 Å². The summed E-state index contributed by atoms with van der Waals surface area (Å²) in [6.45, 7) is 0. The minimum absolute atomic E-state index is 0.171. The standard InChI is InChI=1S/C13H10Cl2O/c14-11-8-4-5-9-13(11,15)12(16)10-6-2-1-3-7-10/h1-9,11H. The van der Waals surface area contributed by atoms with Crippen molar-refractivity contribution in [1.29, 1.82) is 0 Å². The fraction of sp³-hybridized carbons (Fsp3) is 0.154. The van der Waals surface area contributed by atoms with Gasteiger partial charge in [0.1, 0.15) is 4.87 Å². The maximum absolute atomic E-state index is 12.2. The number of allylic oxidation sites excluding steroid dienone is 4. The predicted octanol–water partition coefficient (Wildman–Crippen LogP) is 3.58. The molecule has 0 radical (unpaired) electrons. The van der Waals surface area contributed by atoms with E-state index < -0.39 is 10.3 Å². The van der Waals surface area contributed by atoms with Gasteiger partial charge in [-0.05, 0) is 0 Å². The van der Waals surface area contributed by atoms with Crippen LogP contribution in [0.15, 0.2) is 54.6 Å². The zero-order valence-corrected chi connectivity index (χ0v) is 9.95. The van der Waals surface area contributed by atoms with Gasteiger partial charge >= 0.3 is 0 Å². The topological polar surface area (TPSA) is 17.1 Å². The van der Waals surface area contributed by atoms with Crippen molar-refractivity contribution in [2.75, 3.05) is 0 Å². The fourth-order valence-electron chi connectivity index (χ4n) is 1.60. The van der Waals surface area contributed by atoms with Crippen molar-refractivity contribution in [1.82, 2.24) is 0 Å². The third kappa shape index (κ3) is 1.93. The Labute approximate surface area is 104 Å². The molecule has 0 heterocycles. The van der Waals surface area contributed by atoms with Crippen LogP contribution in [-0.4, -0.2) is 16.0 Å². The molecule has 0 saturated carbocycles. The van der Waals surface area contributed by atoms with Crippen LogP contribution in [0.4, 0.5) is 0 Å². The van der Waals surface area contributed by atoms with E-state index in [1.54, 1.807) is 48.6 Å². The highest BCUT2D eigenvalue weighted by Gasteiger charge is 2.40. The van der Waals surface area contributed by atoms with E-state index in [4.69, 9.17) is 23.2 Å². The van der Waals surface area contributed by atoms with E-state index in [-0.39, 0.29) is 5.78 Å². The van der Waals surface area contributed by atoms with Gasteiger partial charge in [0.2, 0.25) is 0 Å². The van der Waals surface area contributed by atoms with Crippen molar-refractivity contribution >= 4 is 29.0 Å². The SMILES string of the molecule is O=C(c1ccccc1)C1(Cl)C=CC=CC1Cl. The quantitative estimate of drug-likeness (QED) is 0.581. The van der Waals surface area contributed by atoms with Crippen molar-refractivity contribution in [2.45, 2.75) is 10.3 Å². The first kappa shape index (κ1) is 11.4. The third-order valence-corrected chi connectivity index (χ3v) is 3.65. The summed E-state index contributed by atoms with van der Waals surface area (Å²) in [6.07, 6.45) is 6.89. The molecule has 0 fully saturated rings. The molecule has 2 atom stereocenters. The minimum Gasteiger partial charge on any atom is -0.292 e. The van der Waals surface area contributed by atoms with E-state index in [2.05, 4.69) is 0 Å². The van der Waals surface area contributed by atoms with Crippen LogP contribution in [0.1, 0.15) is 10.4 Å². The average Bonchev–Trinajstić information content (AvgIpc) is 2.33. The zero-order valence-electron chi connectivity index (χ0n) is 8.44. The first-order chi connectivity index (χ1) is 7.64. The normalized spacial score (nSPS) is 28.0. The van der Waals surface area contributed by atoms with Gasteiger partial charge < -0.3 is 0 Å². The monoisotopic (exact) mass is 252 g/mol. The van der Waals surface area contributed by atoms with Gasteiger partial charge in [0, 0.05) is 5.56 Å². The van der Waals surface area contributed by atoms with E-state index >= 15 is 0 Å². The number of Topliss-reactive ketones (excluding diaryl/α,β-unsaturated/α-hetero) is 1. The van der Waals surface area contributed by atoms with E-state index in [1.807, 2.05) is 6.07 Å². The summed E-state index contributed by atoms with van der Waals surface area (Å²) in [5, 5.41) is -0.521. The highest BCUT2D eigenvalue weighted by Crippen LogP contribution is 2.33. The summed E-state index contributed by atoms with van der Waals surface area (Å²) in [7, 11) is 0. The van der Waals surface area contributed by atoms with Gasteiger partial charge in [-0.15, -0.1) is 23.2 Å². The third-order valence-electron chi connectivity index (χ3n) is 2.52. The molecule has 0 spiro atoms. The largest absolute Gasteiger partial charge is 0.292 e. The summed E-state index contributed by atoms with van der Waals surface area (Å²) < 4.78 is 0. The van der Waals surface area contributed by atoms with Gasteiger partial charge in [0.25, 0.3) is 0 Å². The van der Waals surface area contributed by atoms with E-state index in [0.29, 0.717) is 5.56 Å².